The van der Waals surface area contributed by atoms with Crippen LogP contribution in [0.25, 0.3) is 6.08 Å². The molecule has 0 radical (unpaired) electrons. The van der Waals surface area contributed by atoms with Crippen LogP contribution in [0.4, 0.5) is 0 Å². The van der Waals surface area contributed by atoms with Crippen molar-refractivity contribution in [2.75, 3.05) is 0 Å². The molecule has 0 heterocycles. The van der Waals surface area contributed by atoms with Crippen molar-refractivity contribution in [3.8, 4) is 0 Å². The third-order valence-electron chi connectivity index (χ3n) is 3.66. The molecule has 3 rings (SSSR count). The molecule has 90 valence electrons. The topological polar surface area (TPSA) is 26.0 Å². The zero-order valence-corrected chi connectivity index (χ0v) is 10.6. The second-order valence-corrected chi connectivity index (χ2v) is 4.87. The summed E-state index contributed by atoms with van der Waals surface area (Å²) in [7, 11) is 0. The Hall–Kier alpha value is -1.86. The lowest BCUT2D eigenvalue weighted by Crippen LogP contribution is -2.05. The number of aryl methyl sites for hydroxylation is 1. The molecule has 2 aromatic rings. The van der Waals surface area contributed by atoms with Gasteiger partial charge in [0.15, 0.2) is 0 Å². The number of benzene rings is 2. The molecule has 0 fully saturated rings. The summed E-state index contributed by atoms with van der Waals surface area (Å²) in [6.07, 6.45) is 4.50. The fourth-order valence-electron chi connectivity index (χ4n) is 2.72. The van der Waals surface area contributed by atoms with Crippen LogP contribution in [-0.2, 0) is 6.54 Å². The molecule has 18 heavy (non-hydrogen) atoms. The Bertz CT molecular complexity index is 611. The predicted molar refractivity (Wildman–Crippen MR) is 76.4 cm³/mol. The molecule has 0 aliphatic heterocycles. The Balaban J connectivity index is 2.09. The molecule has 0 bridgehead atoms. The first-order valence-electron chi connectivity index (χ1n) is 6.36. The van der Waals surface area contributed by atoms with E-state index < -0.39 is 0 Å². The third kappa shape index (κ3) is 1.77. The molecule has 0 saturated carbocycles. The van der Waals surface area contributed by atoms with E-state index in [1.165, 1.54) is 27.8 Å². The van der Waals surface area contributed by atoms with Crippen molar-refractivity contribution in [3.05, 3.63) is 76.4 Å². The zero-order valence-electron chi connectivity index (χ0n) is 10.6. The van der Waals surface area contributed by atoms with Crippen LogP contribution in [0.1, 0.15) is 33.7 Å². The number of fused-ring (bicyclic) bond motifs is 1. The Kier molecular flexibility index (Phi) is 2.77. The number of hydrogen-bond donors (Lipinski definition) is 1. The zero-order chi connectivity index (χ0) is 12.5. The monoisotopic (exact) mass is 235 g/mol. The average molecular weight is 235 g/mol. The largest absolute Gasteiger partial charge is 0.326 e. The number of rotatable bonds is 2. The molecule has 1 unspecified atom stereocenters. The molecule has 0 saturated heterocycles. The summed E-state index contributed by atoms with van der Waals surface area (Å²) in [4.78, 5) is 0. The quantitative estimate of drug-likeness (QED) is 0.845. The minimum absolute atomic E-state index is 0.361. The van der Waals surface area contributed by atoms with Crippen LogP contribution in [0.2, 0.25) is 0 Å². The number of allylic oxidation sites excluding steroid dienone is 1. The van der Waals surface area contributed by atoms with Crippen LogP contribution in [-0.4, -0.2) is 0 Å². The summed E-state index contributed by atoms with van der Waals surface area (Å²) >= 11 is 0. The van der Waals surface area contributed by atoms with E-state index in [4.69, 9.17) is 5.73 Å². The average Bonchev–Trinajstić information content (AvgIpc) is 2.81. The molecule has 1 atom stereocenters. The fourth-order valence-corrected chi connectivity index (χ4v) is 2.72. The van der Waals surface area contributed by atoms with Gasteiger partial charge in [-0.3, -0.25) is 0 Å². The number of nitrogens with two attached hydrogens (primary N) is 1. The Morgan fingerprint density at radius 2 is 1.89 bits per heavy atom. The minimum Gasteiger partial charge on any atom is -0.326 e. The maximum absolute atomic E-state index is 5.84. The Morgan fingerprint density at radius 3 is 2.72 bits per heavy atom. The van der Waals surface area contributed by atoms with Gasteiger partial charge in [-0.25, -0.2) is 0 Å². The highest BCUT2D eigenvalue weighted by Crippen LogP contribution is 2.36. The van der Waals surface area contributed by atoms with Gasteiger partial charge in [0.2, 0.25) is 0 Å². The highest BCUT2D eigenvalue weighted by molar-refractivity contribution is 5.66. The van der Waals surface area contributed by atoms with Crippen molar-refractivity contribution in [1.29, 1.82) is 0 Å². The van der Waals surface area contributed by atoms with Gasteiger partial charge in [0.05, 0.1) is 0 Å². The van der Waals surface area contributed by atoms with Gasteiger partial charge in [0.25, 0.3) is 0 Å². The summed E-state index contributed by atoms with van der Waals surface area (Å²) in [5.74, 6) is 0.361. The van der Waals surface area contributed by atoms with E-state index in [0.717, 1.165) is 0 Å². The standard InChI is InChI=1S/C17H17N/c1-12-6-8-16-13(10-12)7-9-17(16)15-5-3-2-4-14(15)11-18/h2-10,17H,11,18H2,1H3. The molecule has 1 aliphatic rings. The van der Waals surface area contributed by atoms with Crippen LogP contribution in [0.15, 0.2) is 48.5 Å². The summed E-state index contributed by atoms with van der Waals surface area (Å²) in [6, 6.07) is 15.1. The molecule has 0 amide bonds. The van der Waals surface area contributed by atoms with Gasteiger partial charge in [0.1, 0.15) is 0 Å². The molecule has 1 aliphatic carbocycles. The van der Waals surface area contributed by atoms with Crippen molar-refractivity contribution < 1.29 is 0 Å². The first kappa shape index (κ1) is 11.2. The maximum Gasteiger partial charge on any atom is 0.0281 e. The van der Waals surface area contributed by atoms with Gasteiger partial charge in [-0.05, 0) is 29.2 Å². The Morgan fingerprint density at radius 1 is 1.06 bits per heavy atom. The highest BCUT2D eigenvalue weighted by Gasteiger charge is 2.20. The SMILES string of the molecule is Cc1ccc2c(c1)C=CC2c1ccccc1CN. The molecule has 0 aromatic heterocycles. The van der Waals surface area contributed by atoms with Gasteiger partial charge in [0, 0.05) is 12.5 Å². The van der Waals surface area contributed by atoms with E-state index in [2.05, 4.69) is 61.5 Å². The van der Waals surface area contributed by atoms with E-state index >= 15 is 0 Å². The minimum atomic E-state index is 0.361. The van der Waals surface area contributed by atoms with Crippen molar-refractivity contribution in [1.82, 2.24) is 0 Å². The molecular weight excluding hydrogens is 218 g/mol. The first-order valence-corrected chi connectivity index (χ1v) is 6.36. The summed E-state index contributed by atoms with van der Waals surface area (Å²) < 4.78 is 0. The third-order valence-corrected chi connectivity index (χ3v) is 3.66. The molecule has 1 heteroatoms. The molecule has 2 aromatic carbocycles. The molecule has 0 spiro atoms. The van der Waals surface area contributed by atoms with Gasteiger partial charge < -0.3 is 5.73 Å². The van der Waals surface area contributed by atoms with E-state index in [0.29, 0.717) is 12.5 Å². The van der Waals surface area contributed by atoms with Crippen molar-refractivity contribution in [2.24, 2.45) is 5.73 Å². The van der Waals surface area contributed by atoms with Crippen LogP contribution in [0.3, 0.4) is 0 Å². The number of hydrogen-bond acceptors (Lipinski definition) is 1. The lowest BCUT2D eigenvalue weighted by atomic mass is 9.89. The fraction of sp³-hybridized carbons (Fsp3) is 0.176. The summed E-state index contributed by atoms with van der Waals surface area (Å²) in [5.41, 5.74) is 12.4. The summed E-state index contributed by atoms with van der Waals surface area (Å²) in [6.45, 7) is 2.73. The van der Waals surface area contributed by atoms with E-state index in [-0.39, 0.29) is 0 Å². The van der Waals surface area contributed by atoms with E-state index in [9.17, 15) is 0 Å². The first-order chi connectivity index (χ1) is 8.79. The van der Waals surface area contributed by atoms with Crippen molar-refractivity contribution >= 4 is 6.08 Å². The smallest absolute Gasteiger partial charge is 0.0281 e. The van der Waals surface area contributed by atoms with Gasteiger partial charge in [-0.1, -0.05) is 60.2 Å². The van der Waals surface area contributed by atoms with Gasteiger partial charge >= 0.3 is 0 Å². The van der Waals surface area contributed by atoms with Crippen molar-refractivity contribution in [2.45, 2.75) is 19.4 Å². The van der Waals surface area contributed by atoms with Crippen LogP contribution < -0.4 is 5.73 Å². The lowest BCUT2D eigenvalue weighted by molar-refractivity contribution is 0.966. The summed E-state index contributed by atoms with van der Waals surface area (Å²) in [5, 5.41) is 0. The van der Waals surface area contributed by atoms with Crippen LogP contribution >= 0.6 is 0 Å². The molecule has 1 nitrogen and oxygen atoms in total. The van der Waals surface area contributed by atoms with Crippen LogP contribution in [0, 0.1) is 6.92 Å². The lowest BCUT2D eigenvalue weighted by Gasteiger charge is -2.15. The molecular formula is C17H17N. The Labute approximate surface area is 108 Å². The normalized spacial score (nSPS) is 16.9. The van der Waals surface area contributed by atoms with Gasteiger partial charge in [-0.2, -0.15) is 0 Å². The maximum atomic E-state index is 5.84. The predicted octanol–water partition coefficient (Wildman–Crippen LogP) is 3.61. The van der Waals surface area contributed by atoms with E-state index in [1.807, 2.05) is 0 Å². The van der Waals surface area contributed by atoms with Crippen LogP contribution in [0.5, 0.6) is 0 Å². The van der Waals surface area contributed by atoms with Gasteiger partial charge in [-0.15, -0.1) is 0 Å². The highest BCUT2D eigenvalue weighted by atomic mass is 14.5. The second-order valence-electron chi connectivity index (χ2n) is 4.87. The van der Waals surface area contributed by atoms with E-state index in [1.54, 1.807) is 0 Å². The second kappa shape index (κ2) is 4.43. The van der Waals surface area contributed by atoms with Crippen molar-refractivity contribution in [3.63, 3.8) is 0 Å². The molecule has 2 N–H and O–H groups in total.